The first-order chi connectivity index (χ1) is 7.29. The van der Waals surface area contributed by atoms with Crippen molar-refractivity contribution in [3.05, 3.63) is 0 Å². The highest BCUT2D eigenvalue weighted by atomic mass is 16.2. The average Bonchev–Trinajstić information content (AvgIpc) is 3.06. The van der Waals surface area contributed by atoms with E-state index in [0.717, 1.165) is 31.5 Å². The van der Waals surface area contributed by atoms with Gasteiger partial charge in [-0.15, -0.1) is 0 Å². The van der Waals surface area contributed by atoms with Gasteiger partial charge in [-0.1, -0.05) is 6.92 Å². The molecule has 0 aromatic heterocycles. The van der Waals surface area contributed by atoms with Crippen molar-refractivity contribution in [1.82, 2.24) is 10.2 Å². The van der Waals surface area contributed by atoms with Crippen molar-refractivity contribution in [2.45, 2.75) is 32.6 Å². The van der Waals surface area contributed by atoms with E-state index in [9.17, 15) is 4.79 Å². The second-order valence-electron chi connectivity index (χ2n) is 4.97. The molecule has 3 heteroatoms. The van der Waals surface area contributed by atoms with E-state index >= 15 is 0 Å². The molecule has 2 saturated carbocycles. The molecule has 2 rings (SSSR count). The molecule has 1 N–H and O–H groups in total. The number of amides is 1. The monoisotopic (exact) mass is 210 g/mol. The Labute approximate surface area is 92.2 Å². The van der Waals surface area contributed by atoms with Gasteiger partial charge in [0.2, 0.25) is 5.91 Å². The highest BCUT2D eigenvalue weighted by molar-refractivity contribution is 5.78. The predicted octanol–water partition coefficient (Wildman–Crippen LogP) is 1.24. The van der Waals surface area contributed by atoms with Crippen molar-refractivity contribution >= 4 is 5.91 Å². The third-order valence-electron chi connectivity index (χ3n) is 3.23. The Kier molecular flexibility index (Phi) is 3.62. The van der Waals surface area contributed by atoms with Crippen molar-refractivity contribution < 1.29 is 4.79 Å². The number of carbonyl (C=O) groups is 1. The number of nitrogens with one attached hydrogen (secondary N) is 1. The largest absolute Gasteiger partial charge is 0.341 e. The first kappa shape index (κ1) is 10.9. The van der Waals surface area contributed by atoms with Crippen LogP contribution in [0.25, 0.3) is 0 Å². The normalized spacial score (nSPS) is 20.3. The lowest BCUT2D eigenvalue weighted by Gasteiger charge is -2.22. The van der Waals surface area contributed by atoms with Gasteiger partial charge in [-0.3, -0.25) is 4.79 Å². The van der Waals surface area contributed by atoms with Crippen molar-refractivity contribution in [3.8, 4) is 0 Å². The van der Waals surface area contributed by atoms with Crippen LogP contribution in [0.4, 0.5) is 0 Å². The van der Waals surface area contributed by atoms with E-state index in [4.69, 9.17) is 0 Å². The molecule has 0 heterocycles. The Bertz CT molecular complexity index is 208. The fourth-order valence-corrected chi connectivity index (χ4v) is 1.85. The molecule has 0 atom stereocenters. The third-order valence-corrected chi connectivity index (χ3v) is 3.23. The Hall–Kier alpha value is -0.570. The molecule has 0 aromatic rings. The maximum atomic E-state index is 11.9. The molecule has 0 bridgehead atoms. The lowest BCUT2D eigenvalue weighted by molar-refractivity contribution is -0.130. The maximum Gasteiger partial charge on any atom is 0.236 e. The van der Waals surface area contributed by atoms with Gasteiger partial charge in [0.25, 0.3) is 0 Å². The summed E-state index contributed by atoms with van der Waals surface area (Å²) in [7, 11) is 0. The zero-order chi connectivity index (χ0) is 10.7. The Morgan fingerprint density at radius 3 is 2.13 bits per heavy atom. The van der Waals surface area contributed by atoms with E-state index in [1.165, 1.54) is 25.7 Å². The number of hydrogen-bond acceptors (Lipinski definition) is 2. The summed E-state index contributed by atoms with van der Waals surface area (Å²) in [6, 6.07) is 0. The summed E-state index contributed by atoms with van der Waals surface area (Å²) in [5.74, 6) is 1.93. The summed E-state index contributed by atoms with van der Waals surface area (Å²) in [5, 5.41) is 3.12. The van der Waals surface area contributed by atoms with Crippen LogP contribution in [0.3, 0.4) is 0 Å². The smallest absolute Gasteiger partial charge is 0.236 e. The van der Waals surface area contributed by atoms with Crippen LogP contribution in [-0.2, 0) is 4.79 Å². The number of likely N-dealkylation sites (N-methyl/N-ethyl adjacent to an activating group) is 1. The molecule has 0 radical (unpaired) electrons. The van der Waals surface area contributed by atoms with Crippen LogP contribution in [0.1, 0.15) is 32.6 Å². The van der Waals surface area contributed by atoms with Gasteiger partial charge >= 0.3 is 0 Å². The predicted molar refractivity (Wildman–Crippen MR) is 60.6 cm³/mol. The second kappa shape index (κ2) is 4.97. The third kappa shape index (κ3) is 3.82. The molecule has 0 unspecified atom stereocenters. The molecule has 2 aliphatic carbocycles. The molecular weight excluding hydrogens is 188 g/mol. The van der Waals surface area contributed by atoms with Crippen molar-refractivity contribution in [3.63, 3.8) is 0 Å². The molecule has 2 aliphatic rings. The molecule has 2 fully saturated rings. The van der Waals surface area contributed by atoms with E-state index in [2.05, 4.69) is 10.2 Å². The van der Waals surface area contributed by atoms with Crippen LogP contribution < -0.4 is 5.32 Å². The highest BCUT2D eigenvalue weighted by Gasteiger charge is 2.31. The molecule has 1 amide bonds. The van der Waals surface area contributed by atoms with E-state index < -0.39 is 0 Å². The molecule has 0 spiro atoms. The minimum absolute atomic E-state index is 0.302. The van der Waals surface area contributed by atoms with Gasteiger partial charge in [-0.2, -0.15) is 0 Å². The van der Waals surface area contributed by atoms with Crippen molar-refractivity contribution in [2.24, 2.45) is 11.8 Å². The van der Waals surface area contributed by atoms with Gasteiger partial charge in [-0.25, -0.2) is 0 Å². The summed E-state index contributed by atoms with van der Waals surface area (Å²) >= 11 is 0. The SMILES string of the molecule is CCNCC(=O)N(CC1CC1)CC1CC1. The fraction of sp³-hybridized carbons (Fsp3) is 0.917. The van der Waals surface area contributed by atoms with E-state index in [0.29, 0.717) is 12.5 Å². The van der Waals surface area contributed by atoms with Crippen LogP contribution in [0.2, 0.25) is 0 Å². The first-order valence-corrected chi connectivity index (χ1v) is 6.28. The standard InChI is InChI=1S/C12H22N2O/c1-2-13-7-12(15)14(8-10-3-4-10)9-11-5-6-11/h10-11,13H,2-9H2,1H3. The molecule has 0 saturated heterocycles. The molecule has 86 valence electrons. The van der Waals surface area contributed by atoms with Crippen LogP contribution in [-0.4, -0.2) is 37.0 Å². The minimum atomic E-state index is 0.302. The fourth-order valence-electron chi connectivity index (χ4n) is 1.85. The number of hydrogen-bond donors (Lipinski definition) is 1. The van der Waals surface area contributed by atoms with Crippen LogP contribution in [0.15, 0.2) is 0 Å². The average molecular weight is 210 g/mol. The Balaban J connectivity index is 1.75. The zero-order valence-electron chi connectivity index (χ0n) is 9.67. The van der Waals surface area contributed by atoms with Gasteiger partial charge in [0.1, 0.15) is 0 Å². The van der Waals surface area contributed by atoms with Crippen LogP contribution >= 0.6 is 0 Å². The summed E-state index contributed by atoms with van der Waals surface area (Å²) in [6.45, 7) is 5.48. The zero-order valence-corrected chi connectivity index (χ0v) is 9.67. The minimum Gasteiger partial charge on any atom is -0.341 e. The lowest BCUT2D eigenvalue weighted by Crippen LogP contribution is -2.40. The van der Waals surface area contributed by atoms with Gasteiger partial charge in [-0.05, 0) is 44.1 Å². The lowest BCUT2D eigenvalue weighted by atomic mass is 10.3. The summed E-state index contributed by atoms with van der Waals surface area (Å²) in [6.07, 6.45) is 5.32. The van der Waals surface area contributed by atoms with Gasteiger partial charge in [0, 0.05) is 13.1 Å². The van der Waals surface area contributed by atoms with Gasteiger partial charge < -0.3 is 10.2 Å². The van der Waals surface area contributed by atoms with Gasteiger partial charge in [0.15, 0.2) is 0 Å². The summed E-state index contributed by atoms with van der Waals surface area (Å²) in [5.41, 5.74) is 0. The Morgan fingerprint density at radius 2 is 1.73 bits per heavy atom. The van der Waals surface area contributed by atoms with E-state index in [1.54, 1.807) is 0 Å². The number of rotatable bonds is 7. The number of carbonyl (C=O) groups excluding carboxylic acids is 1. The topological polar surface area (TPSA) is 32.3 Å². The quantitative estimate of drug-likeness (QED) is 0.686. The van der Waals surface area contributed by atoms with E-state index in [1.807, 2.05) is 6.92 Å². The molecule has 3 nitrogen and oxygen atoms in total. The first-order valence-electron chi connectivity index (χ1n) is 6.28. The Morgan fingerprint density at radius 1 is 1.20 bits per heavy atom. The second-order valence-corrected chi connectivity index (χ2v) is 4.97. The van der Waals surface area contributed by atoms with Crippen molar-refractivity contribution in [1.29, 1.82) is 0 Å². The van der Waals surface area contributed by atoms with Crippen LogP contribution in [0, 0.1) is 11.8 Å². The summed E-state index contributed by atoms with van der Waals surface area (Å²) < 4.78 is 0. The van der Waals surface area contributed by atoms with E-state index in [-0.39, 0.29) is 0 Å². The molecule has 15 heavy (non-hydrogen) atoms. The summed E-state index contributed by atoms with van der Waals surface area (Å²) in [4.78, 5) is 14.0. The molecule has 0 aliphatic heterocycles. The highest BCUT2D eigenvalue weighted by Crippen LogP contribution is 2.33. The molecular formula is C12H22N2O. The maximum absolute atomic E-state index is 11.9. The van der Waals surface area contributed by atoms with Gasteiger partial charge in [0.05, 0.1) is 6.54 Å². The molecule has 0 aromatic carbocycles. The number of nitrogens with zero attached hydrogens (tertiary/aromatic N) is 1. The van der Waals surface area contributed by atoms with Crippen LogP contribution in [0.5, 0.6) is 0 Å². The van der Waals surface area contributed by atoms with Crippen molar-refractivity contribution in [2.75, 3.05) is 26.2 Å².